The van der Waals surface area contributed by atoms with Gasteiger partial charge >= 0.3 is 5.97 Å². The lowest BCUT2D eigenvalue weighted by Crippen LogP contribution is -2.60. The summed E-state index contributed by atoms with van der Waals surface area (Å²) in [6.07, 6.45) is -2.13. The minimum absolute atomic E-state index is 0.0906. The third-order valence-electron chi connectivity index (χ3n) is 4.76. The van der Waals surface area contributed by atoms with E-state index in [1.54, 1.807) is 0 Å². The number of aliphatic hydroxyl groups excluding tert-OH is 2. The molecule has 14 heteroatoms. The summed E-state index contributed by atoms with van der Waals surface area (Å²) in [5, 5.41) is 35.5. The number of amides is 4. The lowest BCUT2D eigenvalue weighted by molar-refractivity contribution is -0.143. The standard InChI is InChI=1S/C19H36N6O8/c1-9(26)14(22)17(30)23-11(6-7-13(21)28)16(29)25-15(10(2)27)18(31)24-12(19(32)33)5-3-4-8-20/h9-12,14-15,26-27H,3-8,20,22H2,1-2H3,(H2,21,28)(H,23,30)(H,24,31)(H,25,29)(H,32,33). The SMILES string of the molecule is CC(O)C(N)C(=O)NC(CCC(N)=O)C(=O)NC(C(=O)NC(CCCCN)C(=O)O)C(C)O. The Morgan fingerprint density at radius 2 is 1.39 bits per heavy atom. The Kier molecular flexibility index (Phi) is 13.8. The highest BCUT2D eigenvalue weighted by Gasteiger charge is 2.33. The van der Waals surface area contributed by atoms with Crippen LogP contribution in [0.1, 0.15) is 46.0 Å². The molecular formula is C19H36N6O8. The van der Waals surface area contributed by atoms with Crippen molar-refractivity contribution in [2.24, 2.45) is 17.2 Å². The van der Waals surface area contributed by atoms with Crippen LogP contribution < -0.4 is 33.2 Å². The van der Waals surface area contributed by atoms with Crippen molar-refractivity contribution >= 4 is 29.6 Å². The minimum Gasteiger partial charge on any atom is -0.480 e. The van der Waals surface area contributed by atoms with Crippen LogP contribution in [0.15, 0.2) is 0 Å². The quantitative estimate of drug-likeness (QED) is 0.0975. The summed E-state index contributed by atoms with van der Waals surface area (Å²) in [4.78, 5) is 60.0. The van der Waals surface area contributed by atoms with Gasteiger partial charge in [-0.05, 0) is 46.1 Å². The van der Waals surface area contributed by atoms with Crippen molar-refractivity contribution in [2.75, 3.05) is 6.54 Å². The van der Waals surface area contributed by atoms with Gasteiger partial charge in [0.2, 0.25) is 23.6 Å². The average Bonchev–Trinajstić information content (AvgIpc) is 2.72. The van der Waals surface area contributed by atoms with E-state index in [4.69, 9.17) is 17.2 Å². The molecule has 0 aliphatic rings. The zero-order chi connectivity index (χ0) is 25.7. The second-order valence-electron chi connectivity index (χ2n) is 7.74. The molecule has 0 radical (unpaired) electrons. The van der Waals surface area contributed by atoms with Gasteiger partial charge in [-0.1, -0.05) is 0 Å². The zero-order valence-electron chi connectivity index (χ0n) is 18.8. The first-order chi connectivity index (χ1) is 15.3. The van der Waals surface area contributed by atoms with Gasteiger partial charge in [-0.2, -0.15) is 0 Å². The number of rotatable bonds is 16. The third kappa shape index (κ3) is 11.6. The normalized spacial score (nSPS) is 16.4. The second-order valence-corrected chi connectivity index (χ2v) is 7.74. The first kappa shape index (κ1) is 30.2. The molecule has 0 rings (SSSR count). The molecule has 0 fully saturated rings. The molecule has 12 N–H and O–H groups in total. The smallest absolute Gasteiger partial charge is 0.326 e. The van der Waals surface area contributed by atoms with E-state index in [0.717, 1.165) is 0 Å². The van der Waals surface area contributed by atoms with Crippen LogP contribution in [-0.2, 0) is 24.0 Å². The monoisotopic (exact) mass is 476 g/mol. The molecule has 0 bridgehead atoms. The molecule has 6 unspecified atom stereocenters. The van der Waals surface area contributed by atoms with Crippen molar-refractivity contribution < 1.29 is 39.3 Å². The lowest BCUT2D eigenvalue weighted by atomic mass is 10.1. The Hall–Kier alpha value is -2.81. The van der Waals surface area contributed by atoms with E-state index in [1.165, 1.54) is 13.8 Å². The van der Waals surface area contributed by atoms with Gasteiger partial charge in [-0.3, -0.25) is 19.2 Å². The Balaban J connectivity index is 5.43. The van der Waals surface area contributed by atoms with Crippen LogP contribution in [0.4, 0.5) is 0 Å². The zero-order valence-corrected chi connectivity index (χ0v) is 18.8. The summed E-state index contributed by atoms with van der Waals surface area (Å²) in [6, 6.07) is -5.57. The van der Waals surface area contributed by atoms with Gasteiger partial charge in [-0.15, -0.1) is 0 Å². The molecule has 0 aliphatic heterocycles. The number of nitrogens with one attached hydrogen (secondary N) is 3. The topological polar surface area (TPSA) is 260 Å². The molecule has 0 aliphatic carbocycles. The van der Waals surface area contributed by atoms with Crippen LogP contribution in [-0.4, -0.2) is 87.8 Å². The Morgan fingerprint density at radius 1 is 0.818 bits per heavy atom. The number of carbonyl (C=O) groups excluding carboxylic acids is 4. The molecule has 0 aromatic rings. The lowest BCUT2D eigenvalue weighted by Gasteiger charge is -2.26. The first-order valence-corrected chi connectivity index (χ1v) is 10.6. The molecule has 0 saturated heterocycles. The Bertz CT molecular complexity index is 687. The van der Waals surface area contributed by atoms with Gasteiger partial charge in [-0.25, -0.2) is 4.79 Å². The molecule has 0 aromatic heterocycles. The molecule has 33 heavy (non-hydrogen) atoms. The van der Waals surface area contributed by atoms with E-state index in [-0.39, 0.29) is 19.3 Å². The van der Waals surface area contributed by atoms with Crippen LogP contribution in [0.3, 0.4) is 0 Å². The van der Waals surface area contributed by atoms with E-state index < -0.39 is 66.0 Å². The average molecular weight is 477 g/mol. The van der Waals surface area contributed by atoms with Crippen LogP contribution in [0, 0.1) is 0 Å². The van der Waals surface area contributed by atoms with Gasteiger partial charge in [0.25, 0.3) is 0 Å². The molecule has 0 spiro atoms. The molecule has 4 amide bonds. The number of aliphatic carboxylic acids is 1. The van der Waals surface area contributed by atoms with E-state index in [2.05, 4.69) is 16.0 Å². The summed E-state index contributed by atoms with van der Waals surface area (Å²) < 4.78 is 0. The number of hydrogen-bond acceptors (Lipinski definition) is 9. The molecule has 0 saturated carbocycles. The van der Waals surface area contributed by atoms with E-state index in [0.29, 0.717) is 19.4 Å². The first-order valence-electron chi connectivity index (χ1n) is 10.6. The van der Waals surface area contributed by atoms with E-state index >= 15 is 0 Å². The van der Waals surface area contributed by atoms with Crippen molar-refractivity contribution in [1.29, 1.82) is 0 Å². The summed E-state index contributed by atoms with van der Waals surface area (Å²) in [7, 11) is 0. The predicted molar refractivity (Wildman–Crippen MR) is 116 cm³/mol. The largest absolute Gasteiger partial charge is 0.480 e. The van der Waals surface area contributed by atoms with Gasteiger partial charge in [0, 0.05) is 6.42 Å². The fourth-order valence-corrected chi connectivity index (χ4v) is 2.71. The number of nitrogens with two attached hydrogens (primary N) is 3. The van der Waals surface area contributed by atoms with Crippen LogP contribution >= 0.6 is 0 Å². The van der Waals surface area contributed by atoms with E-state index in [1.807, 2.05) is 0 Å². The van der Waals surface area contributed by atoms with Crippen molar-refractivity contribution in [3.63, 3.8) is 0 Å². The molecular weight excluding hydrogens is 440 g/mol. The van der Waals surface area contributed by atoms with Crippen LogP contribution in [0.5, 0.6) is 0 Å². The summed E-state index contributed by atoms with van der Waals surface area (Å²) in [5.74, 6) is -4.85. The maximum absolute atomic E-state index is 12.7. The highest BCUT2D eigenvalue weighted by atomic mass is 16.4. The Labute approximate surface area is 191 Å². The van der Waals surface area contributed by atoms with Gasteiger partial charge in [0.15, 0.2) is 0 Å². The van der Waals surface area contributed by atoms with Gasteiger partial charge < -0.3 is 48.5 Å². The minimum atomic E-state index is -1.56. The van der Waals surface area contributed by atoms with E-state index in [9.17, 15) is 39.3 Å². The highest BCUT2D eigenvalue weighted by molar-refractivity contribution is 5.94. The maximum atomic E-state index is 12.7. The van der Waals surface area contributed by atoms with Gasteiger partial charge in [0.1, 0.15) is 24.2 Å². The predicted octanol–water partition coefficient (Wildman–Crippen LogP) is -3.99. The molecule has 0 aromatic carbocycles. The van der Waals surface area contributed by atoms with Crippen molar-refractivity contribution in [3.8, 4) is 0 Å². The highest BCUT2D eigenvalue weighted by Crippen LogP contribution is 2.05. The number of carboxylic acid groups (broad SMARTS) is 1. The van der Waals surface area contributed by atoms with Gasteiger partial charge in [0.05, 0.1) is 12.2 Å². The van der Waals surface area contributed by atoms with Crippen molar-refractivity contribution in [1.82, 2.24) is 16.0 Å². The number of carbonyl (C=O) groups is 5. The maximum Gasteiger partial charge on any atom is 0.326 e. The van der Waals surface area contributed by atoms with Crippen molar-refractivity contribution in [3.05, 3.63) is 0 Å². The summed E-state index contributed by atoms with van der Waals surface area (Å²) >= 11 is 0. The molecule has 14 nitrogen and oxygen atoms in total. The van der Waals surface area contributed by atoms with Crippen molar-refractivity contribution in [2.45, 2.75) is 82.3 Å². The second kappa shape index (κ2) is 15.1. The van der Waals surface area contributed by atoms with Crippen LogP contribution in [0.25, 0.3) is 0 Å². The molecule has 6 atom stereocenters. The number of hydrogen-bond donors (Lipinski definition) is 9. The fourth-order valence-electron chi connectivity index (χ4n) is 2.71. The van der Waals surface area contributed by atoms with Crippen LogP contribution in [0.2, 0.25) is 0 Å². The number of aliphatic hydroxyl groups is 2. The number of primary amides is 1. The Morgan fingerprint density at radius 3 is 1.85 bits per heavy atom. The molecule has 190 valence electrons. The third-order valence-corrected chi connectivity index (χ3v) is 4.76. The fraction of sp³-hybridized carbons (Fsp3) is 0.737. The summed E-state index contributed by atoms with van der Waals surface area (Å²) in [6.45, 7) is 2.82. The summed E-state index contributed by atoms with van der Waals surface area (Å²) in [5.41, 5.74) is 16.0. The molecule has 0 heterocycles. The number of carboxylic acids is 1. The number of unbranched alkanes of at least 4 members (excludes halogenated alkanes) is 1.